The van der Waals surface area contributed by atoms with Gasteiger partial charge in [0, 0.05) is 17.4 Å². The molecule has 0 aliphatic carbocycles. The first kappa shape index (κ1) is 14.1. The maximum absolute atomic E-state index is 6.31. The zero-order chi connectivity index (χ0) is 15.5. The van der Waals surface area contributed by atoms with Crippen molar-refractivity contribution < 1.29 is 0 Å². The highest BCUT2D eigenvalue weighted by molar-refractivity contribution is 5.85. The predicted octanol–water partition coefficient (Wildman–Crippen LogP) is 4.69. The molecule has 0 radical (unpaired) electrons. The van der Waals surface area contributed by atoms with Crippen molar-refractivity contribution in [2.24, 2.45) is 0 Å². The Balaban J connectivity index is 1.95. The largest absolute Gasteiger partial charge is 0.395 e. The Morgan fingerprint density at radius 2 is 1.41 bits per heavy atom. The minimum atomic E-state index is 0.659. The van der Waals surface area contributed by atoms with Crippen molar-refractivity contribution in [2.75, 3.05) is 11.1 Å². The minimum Gasteiger partial charge on any atom is -0.395 e. The molecule has 0 unspecified atom stereocenters. The van der Waals surface area contributed by atoms with Crippen LogP contribution in [-0.2, 0) is 0 Å². The number of rotatable bonds is 3. The molecule has 3 nitrogen and oxygen atoms in total. The molecule has 0 saturated carbocycles. The van der Waals surface area contributed by atoms with E-state index in [1.807, 2.05) is 18.2 Å². The van der Waals surface area contributed by atoms with Crippen LogP contribution in [0.25, 0.3) is 11.1 Å². The second-order valence-electron chi connectivity index (χ2n) is 5.48. The number of benzene rings is 2. The lowest BCUT2D eigenvalue weighted by molar-refractivity contribution is 1.31. The van der Waals surface area contributed by atoms with Crippen LogP contribution in [0.15, 0.2) is 60.8 Å². The van der Waals surface area contributed by atoms with E-state index in [1.54, 1.807) is 6.20 Å². The van der Waals surface area contributed by atoms with E-state index in [1.165, 1.54) is 11.1 Å². The fraction of sp³-hybridized carbons (Fsp3) is 0.105. The maximum Gasteiger partial charge on any atom is 0.154 e. The van der Waals surface area contributed by atoms with E-state index in [4.69, 9.17) is 5.73 Å². The molecular weight excluding hydrogens is 270 g/mol. The van der Waals surface area contributed by atoms with Crippen LogP contribution >= 0.6 is 0 Å². The minimum absolute atomic E-state index is 0.659. The Hall–Kier alpha value is -2.81. The second-order valence-corrected chi connectivity index (χ2v) is 5.48. The van der Waals surface area contributed by atoms with Gasteiger partial charge in [0.05, 0.1) is 5.69 Å². The summed E-state index contributed by atoms with van der Waals surface area (Å²) in [5.41, 5.74) is 12.5. The van der Waals surface area contributed by atoms with Crippen molar-refractivity contribution in [3.8, 4) is 11.1 Å². The maximum atomic E-state index is 6.31. The lowest BCUT2D eigenvalue weighted by Crippen LogP contribution is -2.01. The second kappa shape index (κ2) is 5.90. The predicted molar refractivity (Wildman–Crippen MR) is 93.3 cm³/mol. The first-order chi connectivity index (χ1) is 10.6. The molecule has 3 heteroatoms. The summed E-state index contributed by atoms with van der Waals surface area (Å²) in [5, 5.41) is 3.28. The molecule has 22 heavy (non-hydrogen) atoms. The number of nitrogens with zero attached hydrogens (tertiary/aromatic N) is 1. The molecule has 0 aliphatic heterocycles. The van der Waals surface area contributed by atoms with E-state index >= 15 is 0 Å². The van der Waals surface area contributed by atoms with E-state index in [-0.39, 0.29) is 0 Å². The number of anilines is 3. The number of pyridine rings is 1. The number of hydrogen-bond acceptors (Lipinski definition) is 3. The summed E-state index contributed by atoms with van der Waals surface area (Å²) < 4.78 is 0. The fourth-order valence-corrected chi connectivity index (χ4v) is 2.33. The van der Waals surface area contributed by atoms with Crippen LogP contribution in [0.1, 0.15) is 11.1 Å². The quantitative estimate of drug-likeness (QED) is 0.735. The molecule has 1 aromatic heterocycles. The third-order valence-electron chi connectivity index (χ3n) is 3.67. The van der Waals surface area contributed by atoms with E-state index in [0.29, 0.717) is 11.5 Å². The Kier molecular flexibility index (Phi) is 3.79. The van der Waals surface area contributed by atoms with Gasteiger partial charge in [-0.05, 0) is 37.6 Å². The van der Waals surface area contributed by atoms with Gasteiger partial charge in [-0.15, -0.1) is 0 Å². The third-order valence-corrected chi connectivity index (χ3v) is 3.67. The molecule has 0 amide bonds. The number of nitrogens with two attached hydrogens (primary N) is 1. The topological polar surface area (TPSA) is 50.9 Å². The lowest BCUT2D eigenvalue weighted by Gasteiger charge is -2.12. The van der Waals surface area contributed by atoms with Crippen LogP contribution in [0.4, 0.5) is 17.2 Å². The molecular formula is C19H19N3. The van der Waals surface area contributed by atoms with Crippen LogP contribution in [0.2, 0.25) is 0 Å². The number of nitrogen functional groups attached to an aromatic ring is 1. The van der Waals surface area contributed by atoms with Gasteiger partial charge in [0.15, 0.2) is 5.82 Å². The number of aromatic nitrogens is 1. The standard InChI is InChI=1S/C19H19N3/c1-13-3-7-15(8-4-13)17-11-12-21-19(18(17)20)22-16-9-5-14(2)6-10-16/h3-12H,20H2,1-2H3,(H,21,22). The number of aryl methyl sites for hydroxylation is 2. The SMILES string of the molecule is Cc1ccc(Nc2nccc(-c3ccc(C)cc3)c2N)cc1. The van der Waals surface area contributed by atoms with Gasteiger partial charge in [-0.25, -0.2) is 4.98 Å². The van der Waals surface area contributed by atoms with Crippen LogP contribution in [0.3, 0.4) is 0 Å². The first-order valence-electron chi connectivity index (χ1n) is 7.29. The highest BCUT2D eigenvalue weighted by Gasteiger charge is 2.08. The van der Waals surface area contributed by atoms with E-state index in [9.17, 15) is 0 Å². The smallest absolute Gasteiger partial charge is 0.154 e. The summed E-state index contributed by atoms with van der Waals surface area (Å²) in [7, 11) is 0. The van der Waals surface area contributed by atoms with E-state index in [0.717, 1.165) is 16.8 Å². The van der Waals surface area contributed by atoms with Crippen molar-refractivity contribution in [2.45, 2.75) is 13.8 Å². The van der Waals surface area contributed by atoms with Crippen molar-refractivity contribution in [1.29, 1.82) is 0 Å². The molecule has 3 aromatic rings. The Morgan fingerprint density at radius 1 is 0.818 bits per heavy atom. The Morgan fingerprint density at radius 3 is 2.05 bits per heavy atom. The molecule has 1 heterocycles. The summed E-state index contributed by atoms with van der Waals surface area (Å²) in [5.74, 6) is 0.682. The Bertz CT molecular complexity index is 775. The van der Waals surface area contributed by atoms with Gasteiger partial charge >= 0.3 is 0 Å². The van der Waals surface area contributed by atoms with Gasteiger partial charge < -0.3 is 11.1 Å². The van der Waals surface area contributed by atoms with Gasteiger partial charge in [-0.2, -0.15) is 0 Å². The number of hydrogen-bond donors (Lipinski definition) is 2. The molecule has 3 rings (SSSR count). The van der Waals surface area contributed by atoms with Gasteiger partial charge in [-0.3, -0.25) is 0 Å². The van der Waals surface area contributed by atoms with Crippen molar-refractivity contribution in [3.63, 3.8) is 0 Å². The highest BCUT2D eigenvalue weighted by atomic mass is 15.0. The van der Waals surface area contributed by atoms with E-state index < -0.39 is 0 Å². The van der Waals surface area contributed by atoms with Crippen LogP contribution in [-0.4, -0.2) is 4.98 Å². The van der Waals surface area contributed by atoms with Gasteiger partial charge in [0.25, 0.3) is 0 Å². The normalized spacial score (nSPS) is 10.5. The molecule has 2 aromatic carbocycles. The molecule has 110 valence electrons. The van der Waals surface area contributed by atoms with Crippen LogP contribution in [0, 0.1) is 13.8 Å². The monoisotopic (exact) mass is 289 g/mol. The van der Waals surface area contributed by atoms with Gasteiger partial charge in [0.2, 0.25) is 0 Å². The average Bonchev–Trinajstić information content (AvgIpc) is 2.53. The highest BCUT2D eigenvalue weighted by Crippen LogP contribution is 2.31. The number of nitrogens with one attached hydrogen (secondary N) is 1. The summed E-state index contributed by atoms with van der Waals surface area (Å²) in [4.78, 5) is 4.36. The third kappa shape index (κ3) is 2.93. The zero-order valence-electron chi connectivity index (χ0n) is 12.8. The Labute approximate surface area is 130 Å². The van der Waals surface area contributed by atoms with Gasteiger partial charge in [0.1, 0.15) is 0 Å². The van der Waals surface area contributed by atoms with Crippen molar-refractivity contribution in [1.82, 2.24) is 4.98 Å². The van der Waals surface area contributed by atoms with Gasteiger partial charge in [-0.1, -0.05) is 47.5 Å². The van der Waals surface area contributed by atoms with E-state index in [2.05, 4.69) is 60.5 Å². The summed E-state index contributed by atoms with van der Waals surface area (Å²) in [6.45, 7) is 4.14. The summed E-state index contributed by atoms with van der Waals surface area (Å²) >= 11 is 0. The zero-order valence-corrected chi connectivity index (χ0v) is 12.8. The van der Waals surface area contributed by atoms with Crippen molar-refractivity contribution in [3.05, 3.63) is 71.9 Å². The molecule has 0 atom stereocenters. The average molecular weight is 289 g/mol. The molecule has 3 N–H and O–H groups in total. The molecule has 0 fully saturated rings. The summed E-state index contributed by atoms with van der Waals surface area (Å²) in [6, 6.07) is 18.4. The van der Waals surface area contributed by atoms with Crippen LogP contribution < -0.4 is 11.1 Å². The lowest BCUT2D eigenvalue weighted by atomic mass is 10.0. The first-order valence-corrected chi connectivity index (χ1v) is 7.29. The fourth-order valence-electron chi connectivity index (χ4n) is 2.33. The molecule has 0 bridgehead atoms. The molecule has 0 saturated heterocycles. The molecule has 0 spiro atoms. The molecule has 0 aliphatic rings. The summed E-state index contributed by atoms with van der Waals surface area (Å²) in [6.07, 6.45) is 1.78. The van der Waals surface area contributed by atoms with Crippen LogP contribution in [0.5, 0.6) is 0 Å². The van der Waals surface area contributed by atoms with Crippen molar-refractivity contribution >= 4 is 17.2 Å².